The number of urea groups is 1. The van der Waals surface area contributed by atoms with Gasteiger partial charge >= 0.3 is 12.0 Å². The van der Waals surface area contributed by atoms with Gasteiger partial charge in [-0.25, -0.2) is 9.59 Å². The van der Waals surface area contributed by atoms with Crippen LogP contribution >= 0.6 is 27.7 Å². The lowest BCUT2D eigenvalue weighted by Gasteiger charge is -2.15. The average Bonchev–Trinajstić information content (AvgIpc) is 2.44. The number of anilines is 1. The third-order valence-electron chi connectivity index (χ3n) is 2.56. The number of halogens is 1. The Morgan fingerprint density at radius 1 is 1.52 bits per heavy atom. The zero-order valence-corrected chi connectivity index (χ0v) is 13.6. The van der Waals surface area contributed by atoms with Gasteiger partial charge in [0.2, 0.25) is 0 Å². The highest BCUT2D eigenvalue weighted by Gasteiger charge is 2.19. The molecule has 1 atom stereocenters. The van der Waals surface area contributed by atoms with E-state index in [9.17, 15) is 9.59 Å². The van der Waals surface area contributed by atoms with E-state index in [0.29, 0.717) is 22.3 Å². The third-order valence-corrected chi connectivity index (χ3v) is 3.70. The maximum atomic E-state index is 11.8. The number of nitrogens with one attached hydrogen (secondary N) is 2. The summed E-state index contributed by atoms with van der Waals surface area (Å²) in [4.78, 5) is 22.9. The van der Waals surface area contributed by atoms with Crippen molar-refractivity contribution in [2.24, 2.45) is 0 Å². The number of thioether (sulfide) groups is 1. The number of benzene rings is 1. The van der Waals surface area contributed by atoms with Gasteiger partial charge in [0, 0.05) is 4.47 Å². The molecule has 0 aliphatic heterocycles. The summed E-state index contributed by atoms with van der Waals surface area (Å²) in [7, 11) is 0. The molecule has 0 aliphatic rings. The van der Waals surface area contributed by atoms with Crippen LogP contribution in [0.15, 0.2) is 22.7 Å². The molecule has 1 aromatic rings. The van der Waals surface area contributed by atoms with Crippen molar-refractivity contribution in [3.8, 4) is 6.07 Å². The van der Waals surface area contributed by atoms with Crippen LogP contribution in [0, 0.1) is 11.3 Å². The van der Waals surface area contributed by atoms with E-state index in [1.807, 2.05) is 12.3 Å². The van der Waals surface area contributed by atoms with Crippen LogP contribution in [0.5, 0.6) is 0 Å². The number of nitriles is 1. The monoisotopic (exact) mass is 371 g/mol. The molecule has 0 bridgehead atoms. The summed E-state index contributed by atoms with van der Waals surface area (Å²) >= 11 is 4.73. The normalized spacial score (nSPS) is 11.3. The molecule has 6 nitrogen and oxygen atoms in total. The summed E-state index contributed by atoms with van der Waals surface area (Å²) in [5.74, 6) is -0.464. The molecule has 0 aromatic heterocycles. The minimum Gasteiger partial charge on any atom is -0.480 e. The van der Waals surface area contributed by atoms with Crippen LogP contribution in [0.25, 0.3) is 0 Å². The van der Waals surface area contributed by atoms with Gasteiger partial charge in [-0.3, -0.25) is 0 Å². The second kappa shape index (κ2) is 8.54. The van der Waals surface area contributed by atoms with Crippen LogP contribution in [-0.4, -0.2) is 35.2 Å². The van der Waals surface area contributed by atoms with E-state index < -0.39 is 18.0 Å². The smallest absolute Gasteiger partial charge is 0.326 e. The van der Waals surface area contributed by atoms with E-state index in [1.54, 1.807) is 18.2 Å². The number of carbonyl (C=O) groups is 2. The Labute approximate surface area is 135 Å². The van der Waals surface area contributed by atoms with Crippen molar-refractivity contribution in [2.45, 2.75) is 12.5 Å². The van der Waals surface area contributed by atoms with Gasteiger partial charge in [-0.15, -0.1) is 0 Å². The van der Waals surface area contributed by atoms with Crippen molar-refractivity contribution >= 4 is 45.4 Å². The van der Waals surface area contributed by atoms with Crippen molar-refractivity contribution < 1.29 is 14.7 Å². The van der Waals surface area contributed by atoms with E-state index >= 15 is 0 Å². The lowest BCUT2D eigenvalue weighted by Crippen LogP contribution is -2.43. The predicted octanol–water partition coefficient (Wildman–Crippen LogP) is 2.65. The summed E-state index contributed by atoms with van der Waals surface area (Å²) in [5, 5.41) is 22.9. The number of carboxylic acid groups (broad SMARTS) is 1. The fraction of sp³-hybridized carbons (Fsp3) is 0.308. The van der Waals surface area contributed by atoms with Gasteiger partial charge in [0.25, 0.3) is 0 Å². The molecule has 8 heteroatoms. The summed E-state index contributed by atoms with van der Waals surface area (Å²) in [6.45, 7) is 0. The molecule has 0 saturated heterocycles. The molecule has 0 radical (unpaired) electrons. The van der Waals surface area contributed by atoms with Crippen LogP contribution in [0.2, 0.25) is 0 Å². The number of nitrogens with zero attached hydrogens (tertiary/aromatic N) is 1. The van der Waals surface area contributed by atoms with E-state index in [2.05, 4.69) is 26.6 Å². The van der Waals surface area contributed by atoms with Crippen LogP contribution in [0.1, 0.15) is 12.0 Å². The maximum Gasteiger partial charge on any atom is 0.326 e. The zero-order chi connectivity index (χ0) is 15.8. The van der Waals surface area contributed by atoms with Gasteiger partial charge in [0.05, 0.1) is 11.3 Å². The molecule has 0 heterocycles. The molecule has 21 heavy (non-hydrogen) atoms. The number of rotatable bonds is 6. The Bertz CT molecular complexity index is 574. The van der Waals surface area contributed by atoms with E-state index in [1.165, 1.54) is 11.8 Å². The molecule has 0 saturated carbocycles. The van der Waals surface area contributed by atoms with Crippen molar-refractivity contribution in [3.63, 3.8) is 0 Å². The van der Waals surface area contributed by atoms with Crippen molar-refractivity contribution in [1.82, 2.24) is 5.32 Å². The highest BCUT2D eigenvalue weighted by atomic mass is 79.9. The van der Waals surface area contributed by atoms with Gasteiger partial charge in [0.15, 0.2) is 0 Å². The fourth-order valence-electron chi connectivity index (χ4n) is 1.53. The van der Waals surface area contributed by atoms with Crippen molar-refractivity contribution in [1.29, 1.82) is 5.26 Å². The summed E-state index contributed by atoms with van der Waals surface area (Å²) in [6, 6.07) is 5.17. The largest absolute Gasteiger partial charge is 0.480 e. The van der Waals surface area contributed by atoms with Crippen LogP contribution in [0.3, 0.4) is 0 Å². The van der Waals surface area contributed by atoms with Crippen molar-refractivity contribution in [3.05, 3.63) is 28.2 Å². The van der Waals surface area contributed by atoms with Gasteiger partial charge in [-0.05, 0) is 36.6 Å². The minimum atomic E-state index is -1.09. The number of hydrogen-bond donors (Lipinski definition) is 3. The lowest BCUT2D eigenvalue weighted by molar-refractivity contribution is -0.139. The molecule has 0 fully saturated rings. The molecular formula is C13H14BrN3O3S. The average molecular weight is 372 g/mol. The van der Waals surface area contributed by atoms with E-state index in [-0.39, 0.29) is 5.56 Å². The van der Waals surface area contributed by atoms with Gasteiger partial charge in [0.1, 0.15) is 12.1 Å². The first-order valence-electron chi connectivity index (χ1n) is 5.96. The van der Waals surface area contributed by atoms with Crippen LogP contribution < -0.4 is 10.6 Å². The zero-order valence-electron chi connectivity index (χ0n) is 11.2. The summed E-state index contributed by atoms with van der Waals surface area (Å²) < 4.78 is 0.716. The molecular weight excluding hydrogens is 358 g/mol. The molecule has 1 aromatic carbocycles. The highest BCUT2D eigenvalue weighted by Crippen LogP contribution is 2.20. The molecule has 2 amide bonds. The lowest BCUT2D eigenvalue weighted by atomic mass is 10.2. The molecule has 0 unspecified atom stereocenters. The molecule has 112 valence electrons. The first-order chi connectivity index (χ1) is 9.97. The Morgan fingerprint density at radius 2 is 2.24 bits per heavy atom. The molecule has 3 N–H and O–H groups in total. The quantitative estimate of drug-likeness (QED) is 0.713. The number of aliphatic carboxylic acids is 1. The molecule has 0 aliphatic carbocycles. The van der Waals surface area contributed by atoms with E-state index in [4.69, 9.17) is 10.4 Å². The Hall–Kier alpha value is -1.72. The second-order valence-electron chi connectivity index (χ2n) is 4.07. The Morgan fingerprint density at radius 3 is 2.81 bits per heavy atom. The third kappa shape index (κ3) is 5.65. The SMILES string of the molecule is CSCC[C@H](NC(=O)Nc1ccc(Br)cc1C#N)C(=O)O. The maximum absolute atomic E-state index is 11.8. The van der Waals surface area contributed by atoms with Gasteiger partial charge < -0.3 is 15.7 Å². The second-order valence-corrected chi connectivity index (χ2v) is 5.97. The Kier molecular flexibility index (Phi) is 7.05. The first kappa shape index (κ1) is 17.3. The molecule has 1 rings (SSSR count). The van der Waals surface area contributed by atoms with Crippen LogP contribution in [0.4, 0.5) is 10.5 Å². The molecule has 0 spiro atoms. The van der Waals surface area contributed by atoms with Gasteiger partial charge in [-0.2, -0.15) is 17.0 Å². The minimum absolute atomic E-state index is 0.288. The fourth-order valence-corrected chi connectivity index (χ4v) is 2.36. The van der Waals surface area contributed by atoms with Gasteiger partial charge in [-0.1, -0.05) is 15.9 Å². The highest BCUT2D eigenvalue weighted by molar-refractivity contribution is 9.10. The summed E-state index contributed by atoms with van der Waals surface area (Å²) in [5.41, 5.74) is 0.614. The first-order valence-corrected chi connectivity index (χ1v) is 8.15. The Balaban J connectivity index is 2.72. The number of carbonyl (C=O) groups excluding carboxylic acids is 1. The number of hydrogen-bond acceptors (Lipinski definition) is 4. The van der Waals surface area contributed by atoms with Crippen molar-refractivity contribution in [2.75, 3.05) is 17.3 Å². The standard InChI is InChI=1S/C13H14BrN3O3S/c1-21-5-4-11(12(18)19)17-13(20)16-10-3-2-9(14)6-8(10)7-15/h2-3,6,11H,4-5H2,1H3,(H,18,19)(H2,16,17,20)/t11-/m0/s1. The number of carboxylic acids is 1. The summed E-state index contributed by atoms with van der Waals surface area (Å²) in [6.07, 6.45) is 2.19. The number of amides is 2. The van der Waals surface area contributed by atoms with E-state index in [0.717, 1.165) is 0 Å². The topological polar surface area (TPSA) is 102 Å². The predicted molar refractivity (Wildman–Crippen MR) is 85.4 cm³/mol. The van der Waals surface area contributed by atoms with Crippen LogP contribution in [-0.2, 0) is 4.79 Å².